The molecule has 5 nitrogen and oxygen atoms in total. The maximum atomic E-state index is 13.0. The molecule has 0 radical (unpaired) electrons. The third-order valence-corrected chi connectivity index (χ3v) is 4.57. The number of rotatable bonds is 5. The van der Waals surface area contributed by atoms with Crippen molar-refractivity contribution >= 4 is 23.2 Å². The van der Waals surface area contributed by atoms with Gasteiger partial charge in [0.15, 0.2) is 6.61 Å². The van der Waals surface area contributed by atoms with Gasteiger partial charge in [0.1, 0.15) is 17.4 Å². The number of benzene rings is 2. The van der Waals surface area contributed by atoms with Gasteiger partial charge in [0, 0.05) is 10.9 Å². The number of carbonyl (C=O) groups excluding carboxylic acids is 2. The topological polar surface area (TPSA) is 67.4 Å². The molecule has 0 saturated heterocycles. The van der Waals surface area contributed by atoms with Gasteiger partial charge < -0.3 is 4.74 Å². The summed E-state index contributed by atoms with van der Waals surface area (Å²) in [6, 6.07) is 14.6. The van der Waals surface area contributed by atoms with Crippen molar-refractivity contribution in [2.45, 2.75) is 0 Å². The van der Waals surface area contributed by atoms with Crippen LogP contribution in [0.1, 0.15) is 9.67 Å². The number of thiophene rings is 1. The van der Waals surface area contributed by atoms with Crippen LogP contribution in [0.15, 0.2) is 60.7 Å². The van der Waals surface area contributed by atoms with Crippen LogP contribution in [0.5, 0.6) is 5.75 Å². The molecule has 0 aliphatic carbocycles. The Balaban J connectivity index is 1.50. The van der Waals surface area contributed by atoms with E-state index >= 15 is 0 Å². The number of halogens is 2. The first-order valence-corrected chi connectivity index (χ1v) is 8.66. The van der Waals surface area contributed by atoms with Crippen molar-refractivity contribution in [1.29, 1.82) is 0 Å². The van der Waals surface area contributed by atoms with Gasteiger partial charge >= 0.3 is 0 Å². The monoisotopic (exact) mass is 388 g/mol. The molecule has 3 aromatic rings. The van der Waals surface area contributed by atoms with Gasteiger partial charge in [-0.25, -0.2) is 8.78 Å². The Labute approximate surface area is 157 Å². The Hall–Kier alpha value is -3.26. The molecule has 0 aliphatic heterocycles. The second kappa shape index (κ2) is 8.41. The molecule has 2 N–H and O–H groups in total. The summed E-state index contributed by atoms with van der Waals surface area (Å²) in [5, 5.41) is 0. The lowest BCUT2D eigenvalue weighted by Gasteiger charge is -2.08. The van der Waals surface area contributed by atoms with Crippen LogP contribution >= 0.6 is 11.3 Å². The Kier molecular flexibility index (Phi) is 5.77. The van der Waals surface area contributed by atoms with E-state index in [0.717, 1.165) is 16.5 Å². The first kappa shape index (κ1) is 18.5. The summed E-state index contributed by atoms with van der Waals surface area (Å²) in [6.45, 7) is -0.380. The minimum Gasteiger partial charge on any atom is -0.484 e. The predicted octanol–water partition coefficient (Wildman–Crippen LogP) is 3.53. The molecule has 0 spiro atoms. The molecule has 3 rings (SSSR count). The first-order valence-electron chi connectivity index (χ1n) is 7.84. The van der Waals surface area contributed by atoms with Gasteiger partial charge in [-0.05, 0) is 42.0 Å². The SMILES string of the molecule is O=C(COc1cccc(F)c1)NNC(=O)c1ccc(-c2ccc(F)cc2)s1. The Bertz CT molecular complexity index is 958. The van der Waals surface area contributed by atoms with Crippen LogP contribution in [0, 0.1) is 11.6 Å². The molecule has 0 unspecified atom stereocenters. The van der Waals surface area contributed by atoms with Crippen LogP contribution in [-0.4, -0.2) is 18.4 Å². The lowest BCUT2D eigenvalue weighted by molar-refractivity contribution is -0.123. The fourth-order valence-electron chi connectivity index (χ4n) is 2.16. The van der Waals surface area contributed by atoms with Gasteiger partial charge in [0.2, 0.25) is 0 Å². The van der Waals surface area contributed by atoms with Crippen molar-refractivity contribution in [2.24, 2.45) is 0 Å². The van der Waals surface area contributed by atoms with Gasteiger partial charge in [0.05, 0.1) is 4.88 Å². The minimum atomic E-state index is -0.595. The van der Waals surface area contributed by atoms with Gasteiger partial charge in [-0.2, -0.15) is 0 Å². The summed E-state index contributed by atoms with van der Waals surface area (Å²) < 4.78 is 31.1. The van der Waals surface area contributed by atoms with E-state index in [0.29, 0.717) is 4.88 Å². The van der Waals surface area contributed by atoms with E-state index in [1.807, 2.05) is 0 Å². The number of hydrogen-bond acceptors (Lipinski definition) is 4. The van der Waals surface area contributed by atoms with Crippen LogP contribution in [-0.2, 0) is 4.79 Å². The van der Waals surface area contributed by atoms with E-state index in [1.54, 1.807) is 24.3 Å². The average Bonchev–Trinajstić information content (AvgIpc) is 3.15. The van der Waals surface area contributed by atoms with Crippen molar-refractivity contribution in [3.63, 3.8) is 0 Å². The highest BCUT2D eigenvalue weighted by Crippen LogP contribution is 2.28. The molecule has 0 fully saturated rings. The van der Waals surface area contributed by atoms with E-state index in [2.05, 4.69) is 10.9 Å². The van der Waals surface area contributed by atoms with Gasteiger partial charge in [-0.3, -0.25) is 20.4 Å². The number of amides is 2. The second-order valence-corrected chi connectivity index (χ2v) is 6.50. The molecule has 1 aromatic heterocycles. The molecule has 0 aliphatic rings. The Morgan fingerprint density at radius 1 is 0.926 bits per heavy atom. The van der Waals surface area contributed by atoms with Crippen molar-refractivity contribution in [1.82, 2.24) is 10.9 Å². The summed E-state index contributed by atoms with van der Waals surface area (Å²) in [5.41, 5.74) is 5.29. The van der Waals surface area contributed by atoms with Crippen LogP contribution in [0.2, 0.25) is 0 Å². The molecule has 27 heavy (non-hydrogen) atoms. The van der Waals surface area contributed by atoms with Crippen LogP contribution < -0.4 is 15.6 Å². The van der Waals surface area contributed by atoms with Gasteiger partial charge in [-0.15, -0.1) is 11.3 Å². The average molecular weight is 388 g/mol. The third-order valence-electron chi connectivity index (χ3n) is 3.44. The van der Waals surface area contributed by atoms with Crippen molar-refractivity contribution < 1.29 is 23.1 Å². The van der Waals surface area contributed by atoms with Crippen LogP contribution in [0.25, 0.3) is 10.4 Å². The predicted molar refractivity (Wildman–Crippen MR) is 97.2 cm³/mol. The van der Waals surface area contributed by atoms with E-state index in [9.17, 15) is 18.4 Å². The summed E-state index contributed by atoms with van der Waals surface area (Å²) >= 11 is 1.20. The standard InChI is InChI=1S/C19H14F2N2O3S/c20-13-6-4-12(5-7-13)16-8-9-17(27-16)19(25)23-22-18(24)11-26-15-3-1-2-14(21)10-15/h1-10H,11H2,(H,22,24)(H,23,25). The summed E-state index contributed by atoms with van der Waals surface area (Å²) in [7, 11) is 0. The maximum absolute atomic E-state index is 13.0. The van der Waals surface area contributed by atoms with Crippen LogP contribution in [0.4, 0.5) is 8.78 Å². The smallest absolute Gasteiger partial charge is 0.279 e. The molecular weight excluding hydrogens is 374 g/mol. The molecule has 0 bridgehead atoms. The zero-order chi connectivity index (χ0) is 19.2. The lowest BCUT2D eigenvalue weighted by Crippen LogP contribution is -2.43. The highest BCUT2D eigenvalue weighted by Gasteiger charge is 2.12. The number of hydrazine groups is 1. The largest absolute Gasteiger partial charge is 0.484 e. The molecule has 2 amide bonds. The molecule has 0 saturated carbocycles. The number of nitrogens with one attached hydrogen (secondary N) is 2. The van der Waals surface area contributed by atoms with E-state index in [-0.39, 0.29) is 18.2 Å². The fraction of sp³-hybridized carbons (Fsp3) is 0.0526. The van der Waals surface area contributed by atoms with E-state index in [4.69, 9.17) is 4.74 Å². The summed E-state index contributed by atoms with van der Waals surface area (Å²) in [5.74, 6) is -1.69. The number of ether oxygens (including phenoxy) is 1. The molecule has 0 atom stereocenters. The highest BCUT2D eigenvalue weighted by atomic mass is 32.1. The lowest BCUT2D eigenvalue weighted by atomic mass is 10.2. The highest BCUT2D eigenvalue weighted by molar-refractivity contribution is 7.17. The Morgan fingerprint density at radius 3 is 2.44 bits per heavy atom. The number of hydrogen-bond donors (Lipinski definition) is 2. The Morgan fingerprint density at radius 2 is 1.70 bits per heavy atom. The van der Waals surface area contributed by atoms with Gasteiger partial charge in [0.25, 0.3) is 11.8 Å². The first-order chi connectivity index (χ1) is 13.0. The van der Waals surface area contributed by atoms with Crippen molar-refractivity contribution in [2.75, 3.05) is 6.61 Å². The molecule has 1 heterocycles. The van der Waals surface area contributed by atoms with Crippen LogP contribution in [0.3, 0.4) is 0 Å². The zero-order valence-electron chi connectivity index (χ0n) is 13.9. The third kappa shape index (κ3) is 5.11. The maximum Gasteiger partial charge on any atom is 0.279 e. The van der Waals surface area contributed by atoms with Crippen molar-refractivity contribution in [3.8, 4) is 16.2 Å². The van der Waals surface area contributed by atoms with E-state index in [1.165, 1.54) is 41.7 Å². The van der Waals surface area contributed by atoms with E-state index < -0.39 is 17.6 Å². The zero-order valence-corrected chi connectivity index (χ0v) is 14.7. The molecular formula is C19H14F2N2O3S. The quantitative estimate of drug-likeness (QED) is 0.657. The molecule has 8 heteroatoms. The second-order valence-electron chi connectivity index (χ2n) is 5.42. The number of carbonyl (C=O) groups is 2. The normalized spacial score (nSPS) is 10.3. The van der Waals surface area contributed by atoms with Crippen molar-refractivity contribution in [3.05, 3.63) is 77.2 Å². The molecule has 138 valence electrons. The summed E-state index contributed by atoms with van der Waals surface area (Å²) in [6.07, 6.45) is 0. The summed E-state index contributed by atoms with van der Waals surface area (Å²) in [4.78, 5) is 25.0. The van der Waals surface area contributed by atoms with Gasteiger partial charge in [-0.1, -0.05) is 18.2 Å². The fourth-order valence-corrected chi connectivity index (χ4v) is 3.07. The minimum absolute atomic E-state index is 0.207. The molecule has 2 aromatic carbocycles.